The van der Waals surface area contributed by atoms with Crippen molar-refractivity contribution in [2.45, 2.75) is 6.42 Å². The molecule has 1 aromatic rings. The maximum absolute atomic E-state index is 11.9. The van der Waals surface area contributed by atoms with Crippen LogP contribution in [-0.4, -0.2) is 32.0 Å². The van der Waals surface area contributed by atoms with E-state index in [0.29, 0.717) is 23.5 Å². The Labute approximate surface area is 111 Å². The molecule has 6 heteroatoms. The maximum Gasteiger partial charge on any atom is 0.240 e. The molecule has 2 amide bonds. The highest BCUT2D eigenvalue weighted by molar-refractivity contribution is 6.05. The first-order chi connectivity index (χ1) is 9.08. The van der Waals surface area contributed by atoms with Gasteiger partial charge < -0.3 is 15.5 Å². The van der Waals surface area contributed by atoms with Gasteiger partial charge in [-0.25, -0.2) is 0 Å². The second-order valence-corrected chi connectivity index (χ2v) is 4.27. The average molecular weight is 258 g/mol. The monoisotopic (exact) mass is 258 g/mol. The molecule has 1 heterocycles. The smallest absolute Gasteiger partial charge is 0.240 e. The van der Waals surface area contributed by atoms with E-state index in [1.165, 1.54) is 9.80 Å². The summed E-state index contributed by atoms with van der Waals surface area (Å²) in [6.45, 7) is 0.190. The Bertz CT molecular complexity index is 576. The van der Waals surface area contributed by atoms with Crippen LogP contribution in [0, 0.1) is 11.3 Å². The minimum absolute atomic E-state index is 0.0938. The van der Waals surface area contributed by atoms with E-state index in [4.69, 9.17) is 11.0 Å². The number of benzene rings is 1. The van der Waals surface area contributed by atoms with Gasteiger partial charge in [0, 0.05) is 20.0 Å². The van der Waals surface area contributed by atoms with Crippen LogP contribution in [0.25, 0.3) is 0 Å². The molecule has 2 rings (SSSR count). The molecule has 0 aromatic heterocycles. The number of rotatable bonds is 1. The lowest BCUT2D eigenvalue weighted by molar-refractivity contribution is -0.118. The van der Waals surface area contributed by atoms with Crippen LogP contribution >= 0.6 is 0 Å². The number of nitrogens with two attached hydrogens (primary N) is 1. The predicted octanol–water partition coefficient (Wildman–Crippen LogP) is 0.216. The lowest BCUT2D eigenvalue weighted by Gasteiger charge is -2.23. The summed E-state index contributed by atoms with van der Waals surface area (Å²) < 4.78 is 0. The first kappa shape index (κ1) is 13.1. The summed E-state index contributed by atoms with van der Waals surface area (Å²) in [7, 11) is 1.64. The van der Waals surface area contributed by atoms with Crippen molar-refractivity contribution in [3.63, 3.8) is 0 Å². The number of nitriles is 1. The molecule has 98 valence electrons. The van der Waals surface area contributed by atoms with Gasteiger partial charge in [0.25, 0.3) is 0 Å². The number of carbonyl (C=O) groups excluding carboxylic acids is 2. The van der Waals surface area contributed by atoms with E-state index in [0.717, 1.165) is 0 Å². The molecule has 19 heavy (non-hydrogen) atoms. The van der Waals surface area contributed by atoms with E-state index in [9.17, 15) is 9.59 Å². The second kappa shape index (κ2) is 5.08. The molecule has 0 atom stereocenters. The number of fused-ring (bicyclic) bond motifs is 1. The van der Waals surface area contributed by atoms with Crippen molar-refractivity contribution < 1.29 is 9.59 Å². The highest BCUT2D eigenvalue weighted by Gasteiger charge is 2.26. The molecule has 0 radical (unpaired) electrons. The molecule has 0 fully saturated rings. The van der Waals surface area contributed by atoms with Gasteiger partial charge in [-0.05, 0) is 18.2 Å². The predicted molar refractivity (Wildman–Crippen MR) is 70.6 cm³/mol. The van der Waals surface area contributed by atoms with Gasteiger partial charge in [0.1, 0.15) is 0 Å². The number of amides is 2. The van der Waals surface area contributed by atoms with Crippen LogP contribution in [-0.2, 0) is 9.59 Å². The summed E-state index contributed by atoms with van der Waals surface area (Å²) >= 11 is 0. The van der Waals surface area contributed by atoms with E-state index in [2.05, 4.69) is 0 Å². The number of anilines is 2. The SMILES string of the molecule is CN1C(=O)CCN(C(=O)CN)c2ccc(C#N)cc21. The highest BCUT2D eigenvalue weighted by atomic mass is 16.2. The molecule has 0 saturated carbocycles. The molecule has 2 N–H and O–H groups in total. The maximum atomic E-state index is 11.9. The lowest BCUT2D eigenvalue weighted by Crippen LogP contribution is -2.36. The molecule has 1 aliphatic heterocycles. The summed E-state index contributed by atoms with van der Waals surface area (Å²) in [5.41, 5.74) is 7.01. The van der Waals surface area contributed by atoms with Gasteiger partial charge in [0.15, 0.2) is 0 Å². The van der Waals surface area contributed by atoms with Crippen LogP contribution in [0.3, 0.4) is 0 Å². The Morgan fingerprint density at radius 3 is 2.84 bits per heavy atom. The van der Waals surface area contributed by atoms with Crippen molar-refractivity contribution in [2.75, 3.05) is 29.9 Å². The van der Waals surface area contributed by atoms with Crippen LogP contribution in [0.2, 0.25) is 0 Å². The van der Waals surface area contributed by atoms with Crippen LogP contribution < -0.4 is 15.5 Å². The van der Waals surface area contributed by atoms with Crippen molar-refractivity contribution in [3.05, 3.63) is 23.8 Å². The third kappa shape index (κ3) is 2.28. The standard InChI is InChI=1S/C13H14N4O2/c1-16-11-6-9(7-14)2-3-10(11)17(13(19)8-15)5-4-12(16)18/h2-3,6H,4-5,8,15H2,1H3. The Morgan fingerprint density at radius 2 is 2.21 bits per heavy atom. The molecule has 0 bridgehead atoms. The topological polar surface area (TPSA) is 90.4 Å². The minimum Gasteiger partial charge on any atom is -0.322 e. The molecular formula is C13H14N4O2. The van der Waals surface area contributed by atoms with E-state index >= 15 is 0 Å². The average Bonchev–Trinajstić information content (AvgIpc) is 2.56. The normalized spacial score (nSPS) is 14.7. The quantitative estimate of drug-likeness (QED) is 0.780. The van der Waals surface area contributed by atoms with Crippen LogP contribution in [0.1, 0.15) is 12.0 Å². The van der Waals surface area contributed by atoms with Gasteiger partial charge in [-0.15, -0.1) is 0 Å². The Kier molecular flexibility index (Phi) is 3.49. The molecular weight excluding hydrogens is 244 g/mol. The van der Waals surface area contributed by atoms with Crippen LogP contribution in [0.15, 0.2) is 18.2 Å². The molecule has 6 nitrogen and oxygen atoms in total. The molecule has 0 spiro atoms. The third-order valence-corrected chi connectivity index (χ3v) is 3.16. The second-order valence-electron chi connectivity index (χ2n) is 4.27. The molecule has 0 aliphatic carbocycles. The number of hydrogen-bond acceptors (Lipinski definition) is 4. The first-order valence-electron chi connectivity index (χ1n) is 5.89. The van der Waals surface area contributed by atoms with Gasteiger partial charge in [-0.2, -0.15) is 5.26 Å². The Balaban J connectivity index is 2.57. The van der Waals surface area contributed by atoms with Gasteiger partial charge >= 0.3 is 0 Å². The fourth-order valence-corrected chi connectivity index (χ4v) is 2.09. The first-order valence-corrected chi connectivity index (χ1v) is 5.89. The third-order valence-electron chi connectivity index (χ3n) is 3.16. The summed E-state index contributed by atoms with van der Waals surface area (Å²) in [6, 6.07) is 6.93. The lowest BCUT2D eigenvalue weighted by atomic mass is 10.1. The van der Waals surface area contributed by atoms with Crippen molar-refractivity contribution >= 4 is 23.2 Å². The van der Waals surface area contributed by atoms with Crippen LogP contribution in [0.4, 0.5) is 11.4 Å². The number of nitrogens with zero attached hydrogens (tertiary/aromatic N) is 3. The van der Waals surface area contributed by atoms with Crippen molar-refractivity contribution in [2.24, 2.45) is 5.73 Å². The fraction of sp³-hybridized carbons (Fsp3) is 0.308. The Hall–Kier alpha value is -2.39. The summed E-state index contributed by atoms with van der Waals surface area (Å²) in [5, 5.41) is 8.93. The number of carbonyl (C=O) groups is 2. The highest BCUT2D eigenvalue weighted by Crippen LogP contribution is 2.32. The molecule has 0 saturated heterocycles. The summed E-state index contributed by atoms with van der Waals surface area (Å²) in [6.07, 6.45) is 0.235. The molecule has 1 aromatic carbocycles. The van der Waals surface area contributed by atoms with Crippen molar-refractivity contribution in [1.82, 2.24) is 0 Å². The van der Waals surface area contributed by atoms with E-state index in [-0.39, 0.29) is 24.8 Å². The van der Waals surface area contributed by atoms with E-state index in [1.807, 2.05) is 6.07 Å². The minimum atomic E-state index is -0.242. The van der Waals surface area contributed by atoms with Gasteiger partial charge in [-0.3, -0.25) is 9.59 Å². The zero-order valence-electron chi connectivity index (χ0n) is 10.6. The largest absolute Gasteiger partial charge is 0.322 e. The summed E-state index contributed by atoms with van der Waals surface area (Å²) in [5.74, 6) is -0.335. The molecule has 1 aliphatic rings. The zero-order chi connectivity index (χ0) is 14.0. The van der Waals surface area contributed by atoms with Crippen LogP contribution in [0.5, 0.6) is 0 Å². The van der Waals surface area contributed by atoms with Crippen molar-refractivity contribution in [3.8, 4) is 6.07 Å². The zero-order valence-corrected chi connectivity index (χ0v) is 10.6. The Morgan fingerprint density at radius 1 is 1.47 bits per heavy atom. The summed E-state index contributed by atoms with van der Waals surface area (Å²) in [4.78, 5) is 26.7. The van der Waals surface area contributed by atoms with E-state index < -0.39 is 0 Å². The van der Waals surface area contributed by atoms with Gasteiger partial charge in [0.05, 0.1) is 29.6 Å². The van der Waals surface area contributed by atoms with E-state index in [1.54, 1.807) is 25.2 Å². The number of hydrogen-bond donors (Lipinski definition) is 1. The van der Waals surface area contributed by atoms with Gasteiger partial charge in [0.2, 0.25) is 11.8 Å². The van der Waals surface area contributed by atoms with Crippen molar-refractivity contribution in [1.29, 1.82) is 5.26 Å². The molecule has 0 unspecified atom stereocenters. The fourth-order valence-electron chi connectivity index (χ4n) is 2.09. The van der Waals surface area contributed by atoms with Gasteiger partial charge in [-0.1, -0.05) is 0 Å².